The van der Waals surface area contributed by atoms with E-state index in [0.29, 0.717) is 13.2 Å². The molecule has 3 nitrogen and oxygen atoms in total. The van der Waals surface area contributed by atoms with Crippen molar-refractivity contribution in [1.29, 1.82) is 0 Å². The fourth-order valence-corrected chi connectivity index (χ4v) is 0.839. The molecule has 1 aliphatic rings. The Labute approximate surface area is 60.9 Å². The van der Waals surface area contributed by atoms with E-state index in [-0.39, 0.29) is 0 Å². The molecule has 60 valence electrons. The van der Waals surface area contributed by atoms with Gasteiger partial charge in [-0.25, -0.2) is 0 Å². The van der Waals surface area contributed by atoms with Crippen LogP contribution in [0.2, 0.25) is 0 Å². The third-order valence-electron chi connectivity index (χ3n) is 1.80. The Balaban J connectivity index is 2.38. The van der Waals surface area contributed by atoms with Crippen LogP contribution in [0.4, 0.5) is 0 Å². The van der Waals surface area contributed by atoms with Crippen molar-refractivity contribution in [3.63, 3.8) is 0 Å². The molecule has 3 heteroatoms. The molecule has 0 amide bonds. The normalized spacial score (nSPS) is 41.7. The van der Waals surface area contributed by atoms with Crippen LogP contribution in [0.5, 0.6) is 0 Å². The van der Waals surface area contributed by atoms with Gasteiger partial charge in [0.05, 0.1) is 13.2 Å². The Morgan fingerprint density at radius 1 is 1.50 bits per heavy atom. The Morgan fingerprint density at radius 3 is 2.40 bits per heavy atom. The topological polar surface area (TPSA) is 38.7 Å². The Bertz CT molecular complexity index is 105. The first-order valence-corrected chi connectivity index (χ1v) is 3.62. The van der Waals surface area contributed by atoms with Crippen LogP contribution in [-0.2, 0) is 9.47 Å². The SMILES string of the molecule is CCC1(C)OCC(O)CO1. The second kappa shape index (κ2) is 2.86. The van der Waals surface area contributed by atoms with Crippen LogP contribution in [0.1, 0.15) is 20.3 Å². The summed E-state index contributed by atoms with van der Waals surface area (Å²) in [6.07, 6.45) is 0.374. The minimum Gasteiger partial charge on any atom is -0.388 e. The lowest BCUT2D eigenvalue weighted by molar-refractivity contribution is -0.283. The van der Waals surface area contributed by atoms with Crippen molar-refractivity contribution in [2.75, 3.05) is 13.2 Å². The van der Waals surface area contributed by atoms with Gasteiger partial charge in [0.15, 0.2) is 5.79 Å². The predicted molar refractivity (Wildman–Crippen MR) is 36.6 cm³/mol. The molecule has 1 heterocycles. The second-order valence-electron chi connectivity index (χ2n) is 2.76. The summed E-state index contributed by atoms with van der Waals surface area (Å²) in [5.74, 6) is -0.459. The standard InChI is InChI=1S/C7H14O3/c1-3-7(2)9-4-6(8)5-10-7/h6,8H,3-5H2,1-2H3. The first kappa shape index (κ1) is 7.98. The summed E-state index contributed by atoms with van der Waals surface area (Å²) in [6, 6.07) is 0. The third-order valence-corrected chi connectivity index (χ3v) is 1.80. The summed E-state index contributed by atoms with van der Waals surface area (Å²) in [5.41, 5.74) is 0. The van der Waals surface area contributed by atoms with Crippen molar-refractivity contribution in [2.45, 2.75) is 32.2 Å². The minimum atomic E-state index is -0.459. The van der Waals surface area contributed by atoms with Crippen molar-refractivity contribution in [1.82, 2.24) is 0 Å². The van der Waals surface area contributed by atoms with E-state index < -0.39 is 11.9 Å². The van der Waals surface area contributed by atoms with Gasteiger partial charge in [-0.05, 0) is 13.3 Å². The molecule has 1 aliphatic heterocycles. The molecular weight excluding hydrogens is 132 g/mol. The van der Waals surface area contributed by atoms with Gasteiger partial charge < -0.3 is 14.6 Å². The molecule has 0 aliphatic carbocycles. The van der Waals surface area contributed by atoms with Gasteiger partial charge in [0.1, 0.15) is 6.10 Å². The fourth-order valence-electron chi connectivity index (χ4n) is 0.839. The van der Waals surface area contributed by atoms with E-state index >= 15 is 0 Å². The smallest absolute Gasteiger partial charge is 0.165 e. The van der Waals surface area contributed by atoms with Gasteiger partial charge in [0.25, 0.3) is 0 Å². The summed E-state index contributed by atoms with van der Waals surface area (Å²) in [7, 11) is 0. The molecule has 0 spiro atoms. The highest BCUT2D eigenvalue weighted by atomic mass is 16.7. The zero-order valence-electron chi connectivity index (χ0n) is 6.46. The summed E-state index contributed by atoms with van der Waals surface area (Å²) >= 11 is 0. The lowest BCUT2D eigenvalue weighted by Crippen LogP contribution is -2.43. The molecule has 0 bridgehead atoms. The number of aliphatic hydroxyl groups excluding tert-OH is 1. The Kier molecular flexibility index (Phi) is 2.28. The van der Waals surface area contributed by atoms with Crippen LogP contribution in [0.25, 0.3) is 0 Å². The molecule has 10 heavy (non-hydrogen) atoms. The van der Waals surface area contributed by atoms with E-state index in [1.54, 1.807) is 0 Å². The largest absolute Gasteiger partial charge is 0.388 e. The predicted octanol–water partition coefficient (Wildman–Crippen LogP) is 0.520. The quantitative estimate of drug-likeness (QED) is 0.586. The van der Waals surface area contributed by atoms with Gasteiger partial charge in [0, 0.05) is 0 Å². The van der Waals surface area contributed by atoms with Crippen LogP contribution >= 0.6 is 0 Å². The number of aliphatic hydroxyl groups is 1. The van der Waals surface area contributed by atoms with Crippen LogP contribution in [-0.4, -0.2) is 30.2 Å². The van der Waals surface area contributed by atoms with E-state index in [4.69, 9.17) is 14.6 Å². The first-order chi connectivity index (χ1) is 4.66. The summed E-state index contributed by atoms with van der Waals surface area (Å²) < 4.78 is 10.5. The number of hydrogen-bond acceptors (Lipinski definition) is 3. The van der Waals surface area contributed by atoms with Gasteiger partial charge >= 0.3 is 0 Å². The van der Waals surface area contributed by atoms with Crippen LogP contribution < -0.4 is 0 Å². The number of rotatable bonds is 1. The van der Waals surface area contributed by atoms with Crippen molar-refractivity contribution in [2.24, 2.45) is 0 Å². The molecule has 1 rings (SSSR count). The molecule has 0 aromatic rings. The van der Waals surface area contributed by atoms with E-state index in [0.717, 1.165) is 6.42 Å². The van der Waals surface area contributed by atoms with Crippen molar-refractivity contribution in [3.8, 4) is 0 Å². The average Bonchev–Trinajstić information content (AvgIpc) is 1.96. The lowest BCUT2D eigenvalue weighted by Gasteiger charge is -2.35. The van der Waals surface area contributed by atoms with E-state index in [1.807, 2.05) is 13.8 Å². The van der Waals surface area contributed by atoms with Crippen LogP contribution in [0.3, 0.4) is 0 Å². The third kappa shape index (κ3) is 1.68. The van der Waals surface area contributed by atoms with E-state index in [1.165, 1.54) is 0 Å². The zero-order valence-corrected chi connectivity index (χ0v) is 6.46. The molecule has 1 saturated heterocycles. The highest BCUT2D eigenvalue weighted by molar-refractivity contribution is 4.68. The summed E-state index contributed by atoms with van der Waals surface area (Å²) in [4.78, 5) is 0. The molecule has 0 radical (unpaired) electrons. The van der Waals surface area contributed by atoms with E-state index in [2.05, 4.69) is 0 Å². The van der Waals surface area contributed by atoms with Gasteiger partial charge in [-0.15, -0.1) is 0 Å². The highest BCUT2D eigenvalue weighted by Crippen LogP contribution is 2.21. The number of ether oxygens (including phenoxy) is 2. The molecule has 0 atom stereocenters. The Morgan fingerprint density at radius 2 is 2.00 bits per heavy atom. The van der Waals surface area contributed by atoms with Gasteiger partial charge in [0.2, 0.25) is 0 Å². The monoisotopic (exact) mass is 146 g/mol. The van der Waals surface area contributed by atoms with Crippen molar-refractivity contribution in [3.05, 3.63) is 0 Å². The lowest BCUT2D eigenvalue weighted by atomic mass is 10.2. The van der Waals surface area contributed by atoms with Gasteiger partial charge in [-0.1, -0.05) is 6.92 Å². The molecular formula is C7H14O3. The molecule has 1 N–H and O–H groups in total. The maximum absolute atomic E-state index is 8.99. The maximum atomic E-state index is 8.99. The Hall–Kier alpha value is -0.120. The van der Waals surface area contributed by atoms with Crippen molar-refractivity contribution >= 4 is 0 Å². The minimum absolute atomic E-state index is 0.393. The molecule has 0 aromatic carbocycles. The highest BCUT2D eigenvalue weighted by Gasteiger charge is 2.29. The second-order valence-corrected chi connectivity index (χ2v) is 2.76. The summed E-state index contributed by atoms with van der Waals surface area (Å²) in [6.45, 7) is 4.67. The van der Waals surface area contributed by atoms with Crippen LogP contribution in [0, 0.1) is 0 Å². The zero-order chi connectivity index (χ0) is 7.61. The van der Waals surface area contributed by atoms with Gasteiger partial charge in [-0.3, -0.25) is 0 Å². The maximum Gasteiger partial charge on any atom is 0.165 e. The molecule has 1 fully saturated rings. The summed E-state index contributed by atoms with van der Waals surface area (Å²) in [5, 5.41) is 8.99. The van der Waals surface area contributed by atoms with E-state index in [9.17, 15) is 0 Å². The number of hydrogen-bond donors (Lipinski definition) is 1. The van der Waals surface area contributed by atoms with Gasteiger partial charge in [-0.2, -0.15) is 0 Å². The fraction of sp³-hybridized carbons (Fsp3) is 1.00. The molecule has 0 aromatic heterocycles. The van der Waals surface area contributed by atoms with Crippen LogP contribution in [0.15, 0.2) is 0 Å². The molecule has 0 unspecified atom stereocenters. The first-order valence-electron chi connectivity index (χ1n) is 3.62. The average molecular weight is 146 g/mol. The molecule has 0 saturated carbocycles. The van der Waals surface area contributed by atoms with Crippen molar-refractivity contribution < 1.29 is 14.6 Å².